The topological polar surface area (TPSA) is 32.3 Å². The summed E-state index contributed by atoms with van der Waals surface area (Å²) in [4.78, 5) is 0. The first kappa shape index (κ1) is 14.0. The van der Waals surface area contributed by atoms with Gasteiger partial charge in [-0.2, -0.15) is 0 Å². The monoisotopic (exact) mass is 227 g/mol. The van der Waals surface area contributed by atoms with Crippen LogP contribution >= 0.6 is 0 Å². The van der Waals surface area contributed by atoms with Gasteiger partial charge in [-0.05, 0) is 24.2 Å². The summed E-state index contributed by atoms with van der Waals surface area (Å²) in [6.45, 7) is 11.8. The average molecular weight is 227 g/mol. The largest absolute Gasteiger partial charge is 0.388 e. The highest BCUT2D eigenvalue weighted by Gasteiger charge is 2.44. The lowest BCUT2D eigenvalue weighted by Crippen LogP contribution is -2.53. The van der Waals surface area contributed by atoms with Crippen molar-refractivity contribution < 1.29 is 5.11 Å². The molecule has 2 atom stereocenters. The van der Waals surface area contributed by atoms with Crippen LogP contribution in [0, 0.1) is 11.3 Å². The number of hydrogen-bond donors (Lipinski definition) is 2. The molecule has 0 aromatic carbocycles. The molecule has 2 N–H and O–H groups in total. The first-order valence-electron chi connectivity index (χ1n) is 6.71. The summed E-state index contributed by atoms with van der Waals surface area (Å²) >= 11 is 0. The van der Waals surface area contributed by atoms with Gasteiger partial charge in [0.25, 0.3) is 0 Å². The van der Waals surface area contributed by atoms with Gasteiger partial charge >= 0.3 is 0 Å². The third-order valence-electron chi connectivity index (χ3n) is 3.86. The molecule has 16 heavy (non-hydrogen) atoms. The Kier molecular flexibility index (Phi) is 4.42. The summed E-state index contributed by atoms with van der Waals surface area (Å²) < 4.78 is 0. The van der Waals surface area contributed by atoms with E-state index in [4.69, 9.17) is 0 Å². The Hall–Kier alpha value is -0.0800. The molecule has 1 aliphatic carbocycles. The predicted octanol–water partition coefficient (Wildman–Crippen LogP) is 2.95. The van der Waals surface area contributed by atoms with Crippen LogP contribution in [0.15, 0.2) is 0 Å². The summed E-state index contributed by atoms with van der Waals surface area (Å²) in [6, 6.07) is 0.451. The van der Waals surface area contributed by atoms with E-state index in [0.29, 0.717) is 12.0 Å². The van der Waals surface area contributed by atoms with Crippen LogP contribution in [0.2, 0.25) is 0 Å². The van der Waals surface area contributed by atoms with Crippen LogP contribution < -0.4 is 5.32 Å². The molecular formula is C14H29NO. The van der Waals surface area contributed by atoms with Gasteiger partial charge in [0.2, 0.25) is 0 Å². The standard InChI is InChI=1S/C14H29NO/c1-11(2)15-10-14(16)9-7-6-8-12(14)13(3,4)5/h11-12,15-16H,6-10H2,1-5H3. The van der Waals surface area contributed by atoms with Crippen LogP contribution in [0.5, 0.6) is 0 Å². The van der Waals surface area contributed by atoms with Crippen molar-refractivity contribution in [3.63, 3.8) is 0 Å². The molecule has 0 heterocycles. The van der Waals surface area contributed by atoms with Crippen molar-refractivity contribution in [1.29, 1.82) is 0 Å². The van der Waals surface area contributed by atoms with Crippen molar-refractivity contribution in [2.24, 2.45) is 11.3 Å². The molecule has 2 unspecified atom stereocenters. The van der Waals surface area contributed by atoms with E-state index in [-0.39, 0.29) is 5.41 Å². The minimum absolute atomic E-state index is 0.202. The summed E-state index contributed by atoms with van der Waals surface area (Å²) in [6.07, 6.45) is 4.56. The lowest BCUT2D eigenvalue weighted by Gasteiger charge is -2.47. The van der Waals surface area contributed by atoms with Gasteiger partial charge in [-0.25, -0.2) is 0 Å². The van der Waals surface area contributed by atoms with Crippen molar-refractivity contribution in [3.05, 3.63) is 0 Å². The number of nitrogens with one attached hydrogen (secondary N) is 1. The fourth-order valence-corrected chi connectivity index (χ4v) is 3.05. The van der Waals surface area contributed by atoms with Gasteiger partial charge in [-0.3, -0.25) is 0 Å². The second-order valence-electron chi connectivity index (χ2n) is 6.80. The molecular weight excluding hydrogens is 198 g/mol. The van der Waals surface area contributed by atoms with Crippen molar-refractivity contribution in [2.45, 2.75) is 71.9 Å². The van der Waals surface area contributed by atoms with Crippen LogP contribution in [0.3, 0.4) is 0 Å². The van der Waals surface area contributed by atoms with E-state index in [2.05, 4.69) is 39.9 Å². The summed E-state index contributed by atoms with van der Waals surface area (Å²) in [5, 5.41) is 14.3. The third kappa shape index (κ3) is 3.46. The van der Waals surface area contributed by atoms with Gasteiger partial charge in [0.15, 0.2) is 0 Å². The highest BCUT2D eigenvalue weighted by molar-refractivity contribution is 4.97. The van der Waals surface area contributed by atoms with Crippen LogP contribution in [-0.4, -0.2) is 23.3 Å². The van der Waals surface area contributed by atoms with E-state index in [9.17, 15) is 5.11 Å². The molecule has 0 bridgehead atoms. The molecule has 1 rings (SSSR count). The summed E-state index contributed by atoms with van der Waals surface area (Å²) in [7, 11) is 0. The van der Waals surface area contributed by atoms with Crippen molar-refractivity contribution in [2.75, 3.05) is 6.54 Å². The minimum atomic E-state index is -0.499. The Morgan fingerprint density at radius 2 is 1.94 bits per heavy atom. The van der Waals surface area contributed by atoms with E-state index in [1.54, 1.807) is 0 Å². The van der Waals surface area contributed by atoms with Gasteiger partial charge in [-0.1, -0.05) is 47.5 Å². The molecule has 0 radical (unpaired) electrons. The lowest BCUT2D eigenvalue weighted by atomic mass is 9.64. The number of hydrogen-bond acceptors (Lipinski definition) is 2. The number of aliphatic hydroxyl groups is 1. The molecule has 0 saturated heterocycles. The Morgan fingerprint density at radius 3 is 2.44 bits per heavy atom. The second-order valence-corrected chi connectivity index (χ2v) is 6.80. The fourth-order valence-electron chi connectivity index (χ4n) is 3.05. The maximum Gasteiger partial charge on any atom is 0.0804 e. The summed E-state index contributed by atoms with van der Waals surface area (Å²) in [5.41, 5.74) is -0.297. The lowest BCUT2D eigenvalue weighted by molar-refractivity contribution is -0.0882. The van der Waals surface area contributed by atoms with Crippen molar-refractivity contribution in [1.82, 2.24) is 5.32 Å². The third-order valence-corrected chi connectivity index (χ3v) is 3.86. The molecule has 1 saturated carbocycles. The molecule has 1 fully saturated rings. The van der Waals surface area contributed by atoms with Gasteiger partial charge in [0.1, 0.15) is 0 Å². The minimum Gasteiger partial charge on any atom is -0.388 e. The highest BCUT2D eigenvalue weighted by atomic mass is 16.3. The maximum atomic E-state index is 10.9. The first-order chi connectivity index (χ1) is 7.26. The summed E-state index contributed by atoms with van der Waals surface area (Å²) in [5.74, 6) is 0.417. The Labute approximate surface area is 101 Å². The highest BCUT2D eigenvalue weighted by Crippen LogP contribution is 2.44. The normalized spacial score (nSPS) is 32.1. The van der Waals surface area contributed by atoms with Gasteiger partial charge in [0, 0.05) is 12.6 Å². The Balaban J connectivity index is 2.71. The molecule has 2 nitrogen and oxygen atoms in total. The van der Waals surface area contributed by atoms with Crippen molar-refractivity contribution in [3.8, 4) is 0 Å². The molecule has 1 aliphatic rings. The molecule has 0 amide bonds. The molecule has 0 aliphatic heterocycles. The zero-order valence-corrected chi connectivity index (χ0v) is 11.6. The fraction of sp³-hybridized carbons (Fsp3) is 1.00. The molecule has 2 heteroatoms. The van der Waals surface area contributed by atoms with Crippen LogP contribution in [0.25, 0.3) is 0 Å². The molecule has 0 aromatic rings. The number of rotatable bonds is 3. The Morgan fingerprint density at radius 1 is 1.31 bits per heavy atom. The van der Waals surface area contributed by atoms with E-state index in [0.717, 1.165) is 13.0 Å². The van der Waals surface area contributed by atoms with Crippen LogP contribution in [0.4, 0.5) is 0 Å². The molecule has 0 spiro atoms. The predicted molar refractivity (Wildman–Crippen MR) is 69.5 cm³/mol. The first-order valence-corrected chi connectivity index (χ1v) is 6.71. The van der Waals surface area contributed by atoms with E-state index in [1.807, 2.05) is 0 Å². The quantitative estimate of drug-likeness (QED) is 0.777. The van der Waals surface area contributed by atoms with E-state index < -0.39 is 5.60 Å². The molecule has 0 aromatic heterocycles. The SMILES string of the molecule is CC(C)NCC1(O)CCCCC1C(C)(C)C. The smallest absolute Gasteiger partial charge is 0.0804 e. The molecule has 96 valence electrons. The zero-order chi connectivity index (χ0) is 12.4. The van der Waals surface area contributed by atoms with Gasteiger partial charge < -0.3 is 10.4 Å². The van der Waals surface area contributed by atoms with Crippen LogP contribution in [-0.2, 0) is 0 Å². The Bertz CT molecular complexity index is 219. The van der Waals surface area contributed by atoms with E-state index in [1.165, 1.54) is 19.3 Å². The van der Waals surface area contributed by atoms with Gasteiger partial charge in [-0.15, -0.1) is 0 Å². The van der Waals surface area contributed by atoms with Crippen molar-refractivity contribution >= 4 is 0 Å². The zero-order valence-electron chi connectivity index (χ0n) is 11.6. The van der Waals surface area contributed by atoms with Gasteiger partial charge in [0.05, 0.1) is 5.60 Å². The van der Waals surface area contributed by atoms with Crippen LogP contribution in [0.1, 0.15) is 60.3 Å². The maximum absolute atomic E-state index is 10.9. The van der Waals surface area contributed by atoms with E-state index >= 15 is 0 Å². The second kappa shape index (κ2) is 5.05. The average Bonchev–Trinajstić information content (AvgIpc) is 2.14.